The highest BCUT2D eigenvalue weighted by molar-refractivity contribution is 5.28. The molecule has 114 valence electrons. The monoisotopic (exact) mass is 279 g/mol. The predicted molar refractivity (Wildman–Crippen MR) is 84.4 cm³/mol. The van der Waals surface area contributed by atoms with E-state index >= 15 is 0 Å². The Morgan fingerprint density at radius 2 is 1.70 bits per heavy atom. The molecule has 3 heteroatoms. The number of unbranched alkanes of at least 4 members (excludes halogenated alkanes) is 3. The second-order valence-electron chi connectivity index (χ2n) is 5.46. The molecule has 0 amide bonds. The van der Waals surface area contributed by atoms with Crippen LogP contribution in [0.2, 0.25) is 0 Å². The number of hydrogen-bond donors (Lipinski definition) is 2. The molecule has 1 rings (SSSR count). The summed E-state index contributed by atoms with van der Waals surface area (Å²) >= 11 is 0. The molecule has 3 nitrogen and oxygen atoms in total. The van der Waals surface area contributed by atoms with Gasteiger partial charge in [0.05, 0.1) is 13.2 Å². The van der Waals surface area contributed by atoms with Gasteiger partial charge in [0.25, 0.3) is 0 Å². The van der Waals surface area contributed by atoms with E-state index in [0.717, 1.165) is 25.3 Å². The number of benzene rings is 1. The van der Waals surface area contributed by atoms with E-state index in [1.807, 2.05) is 0 Å². The molecule has 0 aliphatic rings. The van der Waals surface area contributed by atoms with Gasteiger partial charge in [-0.15, -0.1) is 0 Å². The van der Waals surface area contributed by atoms with Gasteiger partial charge in [0.15, 0.2) is 0 Å². The van der Waals surface area contributed by atoms with Gasteiger partial charge in [-0.1, -0.05) is 38.8 Å². The van der Waals surface area contributed by atoms with Crippen molar-refractivity contribution >= 4 is 0 Å². The lowest BCUT2D eigenvalue weighted by Gasteiger charge is -2.09. The summed E-state index contributed by atoms with van der Waals surface area (Å²) in [5.74, 6) is 1.54. The molecule has 0 atom stereocenters. The first-order valence-electron chi connectivity index (χ1n) is 7.78. The van der Waals surface area contributed by atoms with Gasteiger partial charge >= 0.3 is 0 Å². The third-order valence-electron chi connectivity index (χ3n) is 3.35. The minimum Gasteiger partial charge on any atom is -0.494 e. The smallest absolute Gasteiger partial charge is 0.119 e. The van der Waals surface area contributed by atoms with Crippen LogP contribution in [0.3, 0.4) is 0 Å². The van der Waals surface area contributed by atoms with Crippen LogP contribution in [-0.4, -0.2) is 31.4 Å². The summed E-state index contributed by atoms with van der Waals surface area (Å²) < 4.78 is 5.74. The van der Waals surface area contributed by atoms with Gasteiger partial charge in [-0.3, -0.25) is 0 Å². The number of hydrogen-bond acceptors (Lipinski definition) is 3. The average molecular weight is 279 g/mol. The lowest BCUT2D eigenvalue weighted by atomic mass is 10.0. The molecule has 1 aromatic carbocycles. The molecular weight excluding hydrogens is 250 g/mol. The highest BCUT2D eigenvalue weighted by Crippen LogP contribution is 2.18. The minimum atomic E-state index is 0.226. The lowest BCUT2D eigenvalue weighted by molar-refractivity contribution is 0.290. The molecule has 20 heavy (non-hydrogen) atoms. The summed E-state index contributed by atoms with van der Waals surface area (Å²) in [5, 5.41) is 11.8. The van der Waals surface area contributed by atoms with Crippen molar-refractivity contribution in [3.63, 3.8) is 0 Å². The Morgan fingerprint density at radius 3 is 2.35 bits per heavy atom. The van der Waals surface area contributed by atoms with Crippen molar-refractivity contribution in [1.82, 2.24) is 5.32 Å². The van der Waals surface area contributed by atoms with Crippen LogP contribution in [0.25, 0.3) is 0 Å². The molecule has 0 radical (unpaired) electrons. The van der Waals surface area contributed by atoms with E-state index in [4.69, 9.17) is 9.84 Å². The molecule has 0 saturated carbocycles. The first-order chi connectivity index (χ1) is 9.74. The van der Waals surface area contributed by atoms with Gasteiger partial charge in [-0.05, 0) is 43.0 Å². The molecule has 0 aromatic heterocycles. The standard InChI is InChI=1S/C17H29NO2/c1-15(2)16-7-9-17(10-8-16)20-14-6-4-3-5-11-18-12-13-19/h7-10,15,18-19H,3-6,11-14H2,1-2H3. The van der Waals surface area contributed by atoms with Gasteiger partial charge in [0.1, 0.15) is 5.75 Å². The predicted octanol–water partition coefficient (Wildman–Crippen LogP) is 3.33. The summed E-state index contributed by atoms with van der Waals surface area (Å²) in [6.07, 6.45) is 4.69. The Bertz CT molecular complexity index is 335. The second-order valence-corrected chi connectivity index (χ2v) is 5.46. The first kappa shape index (κ1) is 17.0. The molecule has 0 heterocycles. The van der Waals surface area contributed by atoms with E-state index in [1.54, 1.807) is 0 Å². The third-order valence-corrected chi connectivity index (χ3v) is 3.35. The first-order valence-corrected chi connectivity index (χ1v) is 7.78. The quantitative estimate of drug-likeness (QED) is 0.611. The van der Waals surface area contributed by atoms with E-state index in [2.05, 4.69) is 43.4 Å². The maximum absolute atomic E-state index is 8.62. The fourth-order valence-corrected chi connectivity index (χ4v) is 2.05. The zero-order valence-corrected chi connectivity index (χ0v) is 12.9. The van der Waals surface area contributed by atoms with Crippen LogP contribution in [0.1, 0.15) is 51.0 Å². The Hall–Kier alpha value is -1.06. The van der Waals surface area contributed by atoms with E-state index in [-0.39, 0.29) is 6.61 Å². The third kappa shape index (κ3) is 7.51. The van der Waals surface area contributed by atoms with E-state index in [0.29, 0.717) is 12.5 Å². The number of nitrogens with one attached hydrogen (secondary N) is 1. The molecule has 2 N–H and O–H groups in total. The number of aliphatic hydroxyl groups excluding tert-OH is 1. The highest BCUT2D eigenvalue weighted by atomic mass is 16.5. The van der Waals surface area contributed by atoms with E-state index in [1.165, 1.54) is 24.8 Å². The van der Waals surface area contributed by atoms with Crippen molar-refractivity contribution in [3.8, 4) is 5.75 Å². The maximum Gasteiger partial charge on any atom is 0.119 e. The summed E-state index contributed by atoms with van der Waals surface area (Å²) in [4.78, 5) is 0. The van der Waals surface area contributed by atoms with Crippen LogP contribution < -0.4 is 10.1 Å². The van der Waals surface area contributed by atoms with Crippen molar-refractivity contribution in [2.45, 2.75) is 45.4 Å². The summed E-state index contributed by atoms with van der Waals surface area (Å²) in [7, 11) is 0. The fraction of sp³-hybridized carbons (Fsp3) is 0.647. The van der Waals surface area contributed by atoms with Crippen LogP contribution in [0.4, 0.5) is 0 Å². The minimum absolute atomic E-state index is 0.226. The Morgan fingerprint density at radius 1 is 1.00 bits per heavy atom. The largest absolute Gasteiger partial charge is 0.494 e. The molecule has 0 unspecified atom stereocenters. The van der Waals surface area contributed by atoms with Crippen LogP contribution in [0.15, 0.2) is 24.3 Å². The van der Waals surface area contributed by atoms with Gasteiger partial charge in [-0.2, -0.15) is 0 Å². The maximum atomic E-state index is 8.62. The Balaban J connectivity index is 2.01. The Labute approximate surface area is 123 Å². The summed E-state index contributed by atoms with van der Waals surface area (Å²) in [6, 6.07) is 8.42. The molecule has 0 fully saturated rings. The van der Waals surface area contributed by atoms with Crippen molar-refractivity contribution in [2.24, 2.45) is 0 Å². The number of aliphatic hydroxyl groups is 1. The van der Waals surface area contributed by atoms with Gasteiger partial charge in [0, 0.05) is 6.54 Å². The van der Waals surface area contributed by atoms with E-state index < -0.39 is 0 Å². The zero-order chi connectivity index (χ0) is 14.6. The van der Waals surface area contributed by atoms with Crippen LogP contribution in [0, 0.1) is 0 Å². The van der Waals surface area contributed by atoms with Crippen LogP contribution in [-0.2, 0) is 0 Å². The Kier molecular flexibility index (Phi) is 9.09. The van der Waals surface area contributed by atoms with Crippen molar-refractivity contribution < 1.29 is 9.84 Å². The van der Waals surface area contributed by atoms with Crippen LogP contribution in [0.5, 0.6) is 5.75 Å². The highest BCUT2D eigenvalue weighted by Gasteiger charge is 1.99. The molecule has 0 aliphatic heterocycles. The fourth-order valence-electron chi connectivity index (χ4n) is 2.05. The molecule has 0 spiro atoms. The normalized spacial score (nSPS) is 11.0. The second kappa shape index (κ2) is 10.7. The van der Waals surface area contributed by atoms with Crippen molar-refractivity contribution in [2.75, 3.05) is 26.3 Å². The van der Waals surface area contributed by atoms with Gasteiger partial charge < -0.3 is 15.2 Å². The topological polar surface area (TPSA) is 41.5 Å². The molecule has 0 bridgehead atoms. The summed E-state index contributed by atoms with van der Waals surface area (Å²) in [5.41, 5.74) is 1.35. The van der Waals surface area contributed by atoms with E-state index in [9.17, 15) is 0 Å². The molecular formula is C17H29NO2. The van der Waals surface area contributed by atoms with Crippen molar-refractivity contribution in [1.29, 1.82) is 0 Å². The number of rotatable bonds is 11. The van der Waals surface area contributed by atoms with Gasteiger partial charge in [0.2, 0.25) is 0 Å². The molecule has 0 saturated heterocycles. The average Bonchev–Trinajstić information content (AvgIpc) is 2.46. The number of ether oxygens (including phenoxy) is 1. The summed E-state index contributed by atoms with van der Waals surface area (Å²) in [6.45, 7) is 7.12. The van der Waals surface area contributed by atoms with Crippen molar-refractivity contribution in [3.05, 3.63) is 29.8 Å². The SMILES string of the molecule is CC(C)c1ccc(OCCCCCCNCCO)cc1. The lowest BCUT2D eigenvalue weighted by Crippen LogP contribution is -2.19. The zero-order valence-electron chi connectivity index (χ0n) is 12.9. The molecule has 1 aromatic rings. The van der Waals surface area contributed by atoms with Crippen LogP contribution >= 0.6 is 0 Å². The molecule has 0 aliphatic carbocycles. The van der Waals surface area contributed by atoms with Gasteiger partial charge in [-0.25, -0.2) is 0 Å².